The summed E-state index contributed by atoms with van der Waals surface area (Å²) in [4.78, 5) is 9.27. The van der Waals surface area contributed by atoms with Crippen molar-refractivity contribution in [1.82, 2.24) is 9.97 Å². The van der Waals surface area contributed by atoms with Crippen LogP contribution in [0, 0.1) is 0 Å². The summed E-state index contributed by atoms with van der Waals surface area (Å²) in [6, 6.07) is 33.1. The molecule has 0 unspecified atom stereocenters. The topological polar surface area (TPSA) is 49.8 Å². The van der Waals surface area contributed by atoms with Crippen LogP contribution in [-0.4, -0.2) is 9.97 Å². The highest BCUT2D eigenvalue weighted by Crippen LogP contribution is 2.29. The number of para-hydroxylation sites is 2. The van der Waals surface area contributed by atoms with E-state index in [0.717, 1.165) is 43.8 Å². The molecular weight excluding hydrogens is 456 g/mol. The average molecular weight is 477 g/mol. The quantitative estimate of drug-likeness (QED) is 0.236. The first-order valence-corrected chi connectivity index (χ1v) is 12.6. The maximum Gasteiger partial charge on any atom is 0.188 e. The molecule has 0 aliphatic carbocycles. The number of fused-ring (bicyclic) bond motifs is 2. The van der Waals surface area contributed by atoms with E-state index in [4.69, 9.17) is 0 Å². The highest BCUT2D eigenvalue weighted by atomic mass is 32.1. The maximum atomic E-state index is 4.64. The normalized spacial score (nSPS) is 11.4. The van der Waals surface area contributed by atoms with Gasteiger partial charge in [-0.3, -0.25) is 0 Å². The van der Waals surface area contributed by atoms with Crippen LogP contribution in [0.3, 0.4) is 0 Å². The Hall–Kier alpha value is -4.00. The van der Waals surface area contributed by atoms with Crippen molar-refractivity contribution < 1.29 is 0 Å². The van der Waals surface area contributed by atoms with E-state index in [1.807, 2.05) is 36.4 Å². The van der Waals surface area contributed by atoms with Crippen LogP contribution < -0.4 is 10.6 Å². The fourth-order valence-corrected chi connectivity index (χ4v) is 5.42. The van der Waals surface area contributed by atoms with Crippen LogP contribution >= 0.6 is 22.7 Å². The Labute approximate surface area is 205 Å². The molecule has 0 aliphatic rings. The predicted molar refractivity (Wildman–Crippen MR) is 148 cm³/mol. The van der Waals surface area contributed by atoms with Gasteiger partial charge in [0.05, 0.1) is 20.4 Å². The number of anilines is 4. The first-order chi connectivity index (χ1) is 16.8. The van der Waals surface area contributed by atoms with Gasteiger partial charge in [0.25, 0.3) is 0 Å². The van der Waals surface area contributed by atoms with Gasteiger partial charge in [0.1, 0.15) is 0 Å². The fourth-order valence-electron chi connectivity index (χ4n) is 3.65. The lowest BCUT2D eigenvalue weighted by Gasteiger charge is -2.03. The van der Waals surface area contributed by atoms with Crippen molar-refractivity contribution in [2.24, 2.45) is 0 Å². The molecule has 0 radical (unpaired) electrons. The standard InChI is InChI=1S/C28H20N4S2/c1-3-7-25-23(5-1)31-27(33-25)29-21-15-11-19(12-16-21)9-10-20-13-17-22(18-14-20)30-28-32-24-6-2-4-8-26(24)34-28/h1-18H,(H,29,31)(H,30,32). The van der Waals surface area contributed by atoms with Crippen molar-refractivity contribution in [2.75, 3.05) is 10.6 Å². The first kappa shape index (κ1) is 20.6. The Morgan fingerprint density at radius 1 is 0.500 bits per heavy atom. The molecule has 0 aliphatic heterocycles. The van der Waals surface area contributed by atoms with Crippen molar-refractivity contribution in [3.05, 3.63) is 108 Å². The number of hydrogen-bond donors (Lipinski definition) is 2. The molecule has 0 saturated heterocycles. The molecule has 6 heteroatoms. The largest absolute Gasteiger partial charge is 0.332 e. The van der Waals surface area contributed by atoms with Gasteiger partial charge in [-0.1, -0.05) is 83.4 Å². The molecule has 2 aromatic heterocycles. The molecule has 0 atom stereocenters. The molecule has 0 amide bonds. The van der Waals surface area contributed by atoms with Crippen molar-refractivity contribution in [3.8, 4) is 0 Å². The Morgan fingerprint density at radius 2 is 0.912 bits per heavy atom. The second-order valence-corrected chi connectivity index (χ2v) is 9.86. The Bertz CT molecular complexity index is 1410. The van der Waals surface area contributed by atoms with Crippen LogP contribution in [0.1, 0.15) is 11.1 Å². The lowest BCUT2D eigenvalue weighted by molar-refractivity contribution is 1.44. The van der Waals surface area contributed by atoms with Gasteiger partial charge in [-0.05, 0) is 59.7 Å². The molecular formula is C28H20N4S2. The lowest BCUT2D eigenvalue weighted by Crippen LogP contribution is -1.89. The molecule has 0 spiro atoms. The van der Waals surface area contributed by atoms with Crippen LogP contribution in [0.25, 0.3) is 32.6 Å². The van der Waals surface area contributed by atoms with Crippen molar-refractivity contribution in [3.63, 3.8) is 0 Å². The van der Waals surface area contributed by atoms with Gasteiger partial charge >= 0.3 is 0 Å². The van der Waals surface area contributed by atoms with Gasteiger partial charge in [0, 0.05) is 11.4 Å². The number of nitrogens with zero attached hydrogens (tertiary/aromatic N) is 2. The molecule has 0 fully saturated rings. The summed E-state index contributed by atoms with van der Waals surface area (Å²) in [5.41, 5.74) is 6.40. The SMILES string of the molecule is C(=Cc1ccc(Nc2nc3ccccc3s2)cc1)c1ccc(Nc2nc3ccccc3s2)cc1. The third kappa shape index (κ3) is 4.55. The summed E-state index contributed by atoms with van der Waals surface area (Å²) < 4.78 is 2.37. The maximum absolute atomic E-state index is 4.64. The van der Waals surface area contributed by atoms with Gasteiger partial charge in [-0.25, -0.2) is 9.97 Å². The highest BCUT2D eigenvalue weighted by Gasteiger charge is 2.04. The number of benzene rings is 4. The summed E-state index contributed by atoms with van der Waals surface area (Å²) in [7, 11) is 0. The van der Waals surface area contributed by atoms with E-state index < -0.39 is 0 Å². The summed E-state index contributed by atoms with van der Waals surface area (Å²) >= 11 is 3.32. The summed E-state index contributed by atoms with van der Waals surface area (Å²) in [5, 5.41) is 8.61. The smallest absolute Gasteiger partial charge is 0.188 e. The summed E-state index contributed by atoms with van der Waals surface area (Å²) in [6.07, 6.45) is 4.24. The molecule has 2 N–H and O–H groups in total. The zero-order chi connectivity index (χ0) is 22.7. The van der Waals surface area contributed by atoms with Gasteiger partial charge in [0.15, 0.2) is 10.3 Å². The number of rotatable bonds is 6. The van der Waals surface area contributed by atoms with Crippen LogP contribution in [0.5, 0.6) is 0 Å². The molecule has 2 heterocycles. The lowest BCUT2D eigenvalue weighted by atomic mass is 10.1. The third-order valence-corrected chi connectivity index (χ3v) is 7.28. The van der Waals surface area contributed by atoms with E-state index in [2.05, 4.69) is 93.4 Å². The van der Waals surface area contributed by atoms with Gasteiger partial charge < -0.3 is 10.6 Å². The Kier molecular flexibility index (Phi) is 5.51. The minimum absolute atomic E-state index is 0.907. The first-order valence-electron chi connectivity index (χ1n) is 10.9. The van der Waals surface area contributed by atoms with E-state index >= 15 is 0 Å². The van der Waals surface area contributed by atoms with Crippen molar-refractivity contribution >= 4 is 76.9 Å². The predicted octanol–water partition coefficient (Wildman–Crippen LogP) is 8.56. The molecule has 6 rings (SSSR count). The second-order valence-electron chi connectivity index (χ2n) is 7.80. The van der Waals surface area contributed by atoms with Crippen LogP contribution in [-0.2, 0) is 0 Å². The van der Waals surface area contributed by atoms with Gasteiger partial charge in [-0.15, -0.1) is 0 Å². The van der Waals surface area contributed by atoms with Crippen molar-refractivity contribution in [2.45, 2.75) is 0 Å². The van der Waals surface area contributed by atoms with E-state index in [0.29, 0.717) is 0 Å². The minimum Gasteiger partial charge on any atom is -0.332 e. The van der Waals surface area contributed by atoms with E-state index in [9.17, 15) is 0 Å². The van der Waals surface area contributed by atoms with Crippen LogP contribution in [0.15, 0.2) is 97.1 Å². The Balaban J connectivity index is 1.09. The zero-order valence-electron chi connectivity index (χ0n) is 18.1. The number of aromatic nitrogens is 2. The minimum atomic E-state index is 0.907. The van der Waals surface area contributed by atoms with E-state index in [1.54, 1.807) is 22.7 Å². The van der Waals surface area contributed by atoms with Crippen LogP contribution in [0.4, 0.5) is 21.6 Å². The Morgan fingerprint density at radius 3 is 1.32 bits per heavy atom. The van der Waals surface area contributed by atoms with Gasteiger partial charge in [-0.2, -0.15) is 0 Å². The van der Waals surface area contributed by atoms with E-state index in [-0.39, 0.29) is 0 Å². The van der Waals surface area contributed by atoms with E-state index in [1.165, 1.54) is 9.40 Å². The molecule has 0 bridgehead atoms. The average Bonchev–Trinajstić information content (AvgIpc) is 3.47. The zero-order valence-corrected chi connectivity index (χ0v) is 19.7. The number of nitrogens with one attached hydrogen (secondary N) is 2. The molecule has 4 nitrogen and oxygen atoms in total. The second kappa shape index (κ2) is 9.09. The summed E-state index contributed by atoms with van der Waals surface area (Å²) in [6.45, 7) is 0. The summed E-state index contributed by atoms with van der Waals surface area (Å²) in [5.74, 6) is 0. The molecule has 4 aromatic carbocycles. The monoisotopic (exact) mass is 476 g/mol. The van der Waals surface area contributed by atoms with Crippen LogP contribution in [0.2, 0.25) is 0 Å². The number of thiazole rings is 2. The molecule has 6 aromatic rings. The number of hydrogen-bond acceptors (Lipinski definition) is 6. The molecule has 164 valence electrons. The molecule has 0 saturated carbocycles. The van der Waals surface area contributed by atoms with Crippen molar-refractivity contribution in [1.29, 1.82) is 0 Å². The fraction of sp³-hybridized carbons (Fsp3) is 0. The third-order valence-electron chi connectivity index (χ3n) is 5.38. The highest BCUT2D eigenvalue weighted by molar-refractivity contribution is 7.22. The molecule has 34 heavy (non-hydrogen) atoms. The van der Waals surface area contributed by atoms with Gasteiger partial charge in [0.2, 0.25) is 0 Å².